The van der Waals surface area contributed by atoms with E-state index in [2.05, 4.69) is 10.2 Å². The Labute approximate surface area is 142 Å². The molecule has 0 bridgehead atoms. The molecular formula is C17H24ClN3O2. The van der Waals surface area contributed by atoms with Gasteiger partial charge >= 0.3 is 0 Å². The zero-order valence-corrected chi connectivity index (χ0v) is 14.5. The van der Waals surface area contributed by atoms with Gasteiger partial charge in [0.25, 0.3) is 0 Å². The summed E-state index contributed by atoms with van der Waals surface area (Å²) in [6.07, 6.45) is -0.0656. The van der Waals surface area contributed by atoms with E-state index in [0.29, 0.717) is 30.6 Å². The Morgan fingerprint density at radius 1 is 1.22 bits per heavy atom. The third-order valence-corrected chi connectivity index (χ3v) is 4.06. The van der Waals surface area contributed by atoms with Gasteiger partial charge in [-0.25, -0.2) is 0 Å². The number of carbonyl (C=O) groups excluding carboxylic acids is 2. The topological polar surface area (TPSA) is 52.7 Å². The standard InChI is InChI=1S/C17H24ClN3O2/c1-13(2)12-19-16(22)11-17(23)21-8-6-20(7-9-21)15-5-3-4-14(18)10-15/h3-5,10,13H,6-9,11-12H2,1-2H3,(H,19,22). The number of hydrogen-bond donors (Lipinski definition) is 1. The maximum Gasteiger partial charge on any atom is 0.232 e. The van der Waals surface area contributed by atoms with Crippen molar-refractivity contribution in [3.63, 3.8) is 0 Å². The quantitative estimate of drug-likeness (QED) is 0.838. The van der Waals surface area contributed by atoms with Crippen LogP contribution in [0.3, 0.4) is 0 Å². The van der Waals surface area contributed by atoms with Crippen LogP contribution in [0.1, 0.15) is 20.3 Å². The van der Waals surface area contributed by atoms with Crippen molar-refractivity contribution in [2.75, 3.05) is 37.6 Å². The van der Waals surface area contributed by atoms with Crippen LogP contribution in [-0.4, -0.2) is 49.4 Å². The van der Waals surface area contributed by atoms with Gasteiger partial charge in [-0.3, -0.25) is 9.59 Å². The SMILES string of the molecule is CC(C)CNC(=O)CC(=O)N1CCN(c2cccc(Cl)c2)CC1. The lowest BCUT2D eigenvalue weighted by atomic mass is 10.2. The molecular weight excluding hydrogens is 314 g/mol. The van der Waals surface area contributed by atoms with Crippen LogP contribution in [0, 0.1) is 5.92 Å². The maximum atomic E-state index is 12.2. The van der Waals surface area contributed by atoms with E-state index in [-0.39, 0.29) is 18.2 Å². The fourth-order valence-corrected chi connectivity index (χ4v) is 2.70. The smallest absolute Gasteiger partial charge is 0.232 e. The number of nitrogens with zero attached hydrogens (tertiary/aromatic N) is 2. The van der Waals surface area contributed by atoms with Crippen LogP contribution in [0.2, 0.25) is 5.02 Å². The fourth-order valence-electron chi connectivity index (χ4n) is 2.52. The maximum absolute atomic E-state index is 12.2. The van der Waals surface area contributed by atoms with E-state index in [0.717, 1.165) is 18.8 Å². The first-order valence-electron chi connectivity index (χ1n) is 8.00. The summed E-state index contributed by atoms with van der Waals surface area (Å²) in [4.78, 5) is 27.9. The molecule has 1 aromatic carbocycles. The normalized spacial score (nSPS) is 15.0. The minimum absolute atomic E-state index is 0.0656. The Bertz CT molecular complexity index is 555. The molecule has 1 fully saturated rings. The molecule has 0 aromatic heterocycles. The third-order valence-electron chi connectivity index (χ3n) is 3.82. The molecule has 2 rings (SSSR count). The second kappa shape index (κ2) is 8.20. The van der Waals surface area contributed by atoms with E-state index in [1.807, 2.05) is 38.1 Å². The van der Waals surface area contributed by atoms with Crippen molar-refractivity contribution in [2.45, 2.75) is 20.3 Å². The fraction of sp³-hybridized carbons (Fsp3) is 0.529. The number of piperazine rings is 1. The second-order valence-corrected chi connectivity index (χ2v) is 6.66. The molecule has 2 amide bonds. The van der Waals surface area contributed by atoms with Crippen molar-refractivity contribution < 1.29 is 9.59 Å². The monoisotopic (exact) mass is 337 g/mol. The van der Waals surface area contributed by atoms with Gasteiger partial charge in [0.2, 0.25) is 11.8 Å². The zero-order chi connectivity index (χ0) is 16.8. The number of anilines is 1. The van der Waals surface area contributed by atoms with Gasteiger partial charge in [0.1, 0.15) is 6.42 Å². The van der Waals surface area contributed by atoms with E-state index in [1.165, 1.54) is 0 Å². The van der Waals surface area contributed by atoms with E-state index in [4.69, 9.17) is 11.6 Å². The summed E-state index contributed by atoms with van der Waals surface area (Å²) >= 11 is 6.02. The minimum atomic E-state index is -0.194. The number of benzene rings is 1. The molecule has 1 aliphatic heterocycles. The molecule has 0 aliphatic carbocycles. The highest BCUT2D eigenvalue weighted by molar-refractivity contribution is 6.30. The molecule has 0 unspecified atom stereocenters. The van der Waals surface area contributed by atoms with Gasteiger partial charge < -0.3 is 15.1 Å². The van der Waals surface area contributed by atoms with E-state index < -0.39 is 0 Å². The summed E-state index contributed by atoms with van der Waals surface area (Å²) in [5.74, 6) is 0.0910. The Morgan fingerprint density at radius 3 is 2.52 bits per heavy atom. The van der Waals surface area contributed by atoms with Crippen molar-refractivity contribution in [1.82, 2.24) is 10.2 Å². The molecule has 126 valence electrons. The Hall–Kier alpha value is -1.75. The molecule has 0 saturated carbocycles. The Kier molecular flexibility index (Phi) is 6.28. The first-order chi connectivity index (χ1) is 11.0. The minimum Gasteiger partial charge on any atom is -0.368 e. The lowest BCUT2D eigenvalue weighted by Crippen LogP contribution is -2.49. The van der Waals surface area contributed by atoms with Gasteiger partial charge in [0, 0.05) is 43.4 Å². The lowest BCUT2D eigenvalue weighted by molar-refractivity contribution is -0.136. The predicted molar refractivity (Wildman–Crippen MR) is 92.7 cm³/mol. The number of rotatable bonds is 5. The molecule has 5 nitrogen and oxygen atoms in total. The molecule has 1 heterocycles. The second-order valence-electron chi connectivity index (χ2n) is 6.22. The molecule has 0 spiro atoms. The van der Waals surface area contributed by atoms with Crippen LogP contribution in [0.25, 0.3) is 0 Å². The molecule has 6 heteroatoms. The van der Waals surface area contributed by atoms with Crippen molar-refractivity contribution >= 4 is 29.1 Å². The van der Waals surface area contributed by atoms with Gasteiger partial charge in [-0.2, -0.15) is 0 Å². The van der Waals surface area contributed by atoms with Crippen LogP contribution >= 0.6 is 11.6 Å². The number of carbonyl (C=O) groups is 2. The first kappa shape index (κ1) is 17.6. The van der Waals surface area contributed by atoms with Crippen LogP contribution in [0.15, 0.2) is 24.3 Å². The first-order valence-corrected chi connectivity index (χ1v) is 8.38. The van der Waals surface area contributed by atoms with E-state index in [9.17, 15) is 9.59 Å². The predicted octanol–water partition coefficient (Wildman–Crippen LogP) is 2.15. The molecule has 1 aromatic rings. The van der Waals surface area contributed by atoms with Gasteiger partial charge in [0.05, 0.1) is 0 Å². The van der Waals surface area contributed by atoms with Crippen LogP contribution < -0.4 is 10.2 Å². The number of hydrogen-bond acceptors (Lipinski definition) is 3. The Balaban J connectivity index is 1.79. The van der Waals surface area contributed by atoms with Gasteiger partial charge in [-0.15, -0.1) is 0 Å². The summed E-state index contributed by atoms with van der Waals surface area (Å²) in [5, 5.41) is 3.49. The van der Waals surface area contributed by atoms with Gasteiger partial charge in [-0.1, -0.05) is 31.5 Å². The highest BCUT2D eigenvalue weighted by atomic mass is 35.5. The highest BCUT2D eigenvalue weighted by Gasteiger charge is 2.23. The molecule has 0 radical (unpaired) electrons. The van der Waals surface area contributed by atoms with Crippen LogP contribution in [0.5, 0.6) is 0 Å². The number of amides is 2. The third kappa shape index (κ3) is 5.43. The molecule has 1 saturated heterocycles. The van der Waals surface area contributed by atoms with E-state index >= 15 is 0 Å². The highest BCUT2D eigenvalue weighted by Crippen LogP contribution is 2.20. The van der Waals surface area contributed by atoms with Gasteiger partial charge in [-0.05, 0) is 24.1 Å². The summed E-state index contributed by atoms with van der Waals surface area (Å²) < 4.78 is 0. The summed E-state index contributed by atoms with van der Waals surface area (Å²) in [6.45, 7) is 7.41. The van der Waals surface area contributed by atoms with Crippen LogP contribution in [0.4, 0.5) is 5.69 Å². The summed E-state index contributed by atoms with van der Waals surface area (Å²) in [6, 6.07) is 7.72. The van der Waals surface area contributed by atoms with E-state index in [1.54, 1.807) is 4.90 Å². The van der Waals surface area contributed by atoms with Crippen molar-refractivity contribution in [1.29, 1.82) is 0 Å². The van der Waals surface area contributed by atoms with Gasteiger partial charge in [0.15, 0.2) is 0 Å². The number of nitrogens with one attached hydrogen (secondary N) is 1. The van der Waals surface area contributed by atoms with Crippen LogP contribution in [-0.2, 0) is 9.59 Å². The average molecular weight is 338 g/mol. The number of halogens is 1. The molecule has 1 aliphatic rings. The summed E-state index contributed by atoms with van der Waals surface area (Å²) in [5.41, 5.74) is 1.07. The van der Waals surface area contributed by atoms with Crippen molar-refractivity contribution in [3.05, 3.63) is 29.3 Å². The zero-order valence-electron chi connectivity index (χ0n) is 13.7. The molecule has 23 heavy (non-hydrogen) atoms. The lowest BCUT2D eigenvalue weighted by Gasteiger charge is -2.36. The van der Waals surface area contributed by atoms with Crippen molar-refractivity contribution in [3.8, 4) is 0 Å². The van der Waals surface area contributed by atoms with Crippen molar-refractivity contribution in [2.24, 2.45) is 5.92 Å². The molecule has 1 N–H and O–H groups in total. The Morgan fingerprint density at radius 2 is 1.91 bits per heavy atom. The average Bonchev–Trinajstić information content (AvgIpc) is 2.53. The summed E-state index contributed by atoms with van der Waals surface area (Å²) in [7, 11) is 0. The largest absolute Gasteiger partial charge is 0.368 e. The molecule has 0 atom stereocenters.